The first kappa shape index (κ1) is 9.27. The molecular weight excluding hydrogens is 277 g/mol. The van der Waals surface area contributed by atoms with Gasteiger partial charge in [0.1, 0.15) is 5.75 Å². The van der Waals surface area contributed by atoms with Crippen molar-refractivity contribution in [1.29, 1.82) is 0 Å². The molecule has 70 valence electrons. The third-order valence-electron chi connectivity index (χ3n) is 2.49. The molecule has 0 radical (unpaired) electrons. The zero-order chi connectivity index (χ0) is 9.42. The maximum atomic E-state index is 9.33. The summed E-state index contributed by atoms with van der Waals surface area (Å²) in [6.45, 7) is 0. The smallest absolute Gasteiger partial charge is 0.128 e. The van der Waals surface area contributed by atoms with E-state index in [0.29, 0.717) is 11.7 Å². The average molecular weight is 289 g/mol. The van der Waals surface area contributed by atoms with Crippen molar-refractivity contribution >= 4 is 22.6 Å². The van der Waals surface area contributed by atoms with Crippen molar-refractivity contribution in [3.05, 3.63) is 27.3 Å². The van der Waals surface area contributed by atoms with Crippen LogP contribution in [-0.2, 0) is 0 Å². The van der Waals surface area contributed by atoms with Crippen molar-refractivity contribution in [2.24, 2.45) is 11.7 Å². The molecule has 3 N–H and O–H groups in total. The van der Waals surface area contributed by atoms with Gasteiger partial charge < -0.3 is 10.8 Å². The fourth-order valence-corrected chi connectivity index (χ4v) is 2.00. The van der Waals surface area contributed by atoms with Gasteiger partial charge in [-0.05, 0) is 59.0 Å². The van der Waals surface area contributed by atoms with E-state index in [0.717, 1.165) is 9.13 Å². The molecule has 1 unspecified atom stereocenters. The van der Waals surface area contributed by atoms with Gasteiger partial charge in [0.25, 0.3) is 0 Å². The molecular formula is C10H12INO. The molecule has 1 aromatic carbocycles. The predicted molar refractivity (Wildman–Crippen MR) is 60.5 cm³/mol. The number of hydrogen-bond donors (Lipinski definition) is 2. The Kier molecular flexibility index (Phi) is 2.47. The second-order valence-electron chi connectivity index (χ2n) is 3.57. The summed E-state index contributed by atoms with van der Waals surface area (Å²) in [4.78, 5) is 0. The molecule has 2 rings (SSSR count). The molecule has 1 saturated carbocycles. The number of phenols is 1. The molecule has 0 aromatic heterocycles. The molecule has 0 aliphatic heterocycles. The van der Waals surface area contributed by atoms with Crippen LogP contribution < -0.4 is 5.73 Å². The molecule has 1 aromatic rings. The summed E-state index contributed by atoms with van der Waals surface area (Å²) in [6.07, 6.45) is 2.50. The van der Waals surface area contributed by atoms with Gasteiger partial charge in [0, 0.05) is 6.04 Å². The van der Waals surface area contributed by atoms with E-state index in [1.54, 1.807) is 6.07 Å². The molecule has 3 heteroatoms. The average Bonchev–Trinajstić information content (AvgIpc) is 2.91. The van der Waals surface area contributed by atoms with Gasteiger partial charge in [-0.25, -0.2) is 0 Å². The number of halogens is 1. The quantitative estimate of drug-likeness (QED) is 0.821. The second-order valence-corrected chi connectivity index (χ2v) is 4.74. The Balaban J connectivity index is 2.24. The summed E-state index contributed by atoms with van der Waals surface area (Å²) in [6, 6.07) is 5.77. The molecule has 0 saturated heterocycles. The van der Waals surface area contributed by atoms with Gasteiger partial charge in [-0.1, -0.05) is 6.07 Å². The monoisotopic (exact) mass is 289 g/mol. The van der Waals surface area contributed by atoms with Crippen LogP contribution in [0.1, 0.15) is 24.4 Å². The highest BCUT2D eigenvalue weighted by Gasteiger charge is 2.29. The van der Waals surface area contributed by atoms with E-state index < -0.39 is 0 Å². The summed E-state index contributed by atoms with van der Waals surface area (Å²) in [5.74, 6) is 1.01. The highest BCUT2D eigenvalue weighted by Crippen LogP contribution is 2.40. The minimum Gasteiger partial charge on any atom is -0.507 e. The Morgan fingerprint density at radius 2 is 2.15 bits per heavy atom. The Hall–Kier alpha value is -0.290. The van der Waals surface area contributed by atoms with Crippen LogP contribution in [0.5, 0.6) is 5.75 Å². The fraction of sp³-hybridized carbons (Fsp3) is 0.400. The number of rotatable bonds is 2. The van der Waals surface area contributed by atoms with Crippen LogP contribution in [0.4, 0.5) is 0 Å². The summed E-state index contributed by atoms with van der Waals surface area (Å²) >= 11 is 2.12. The minimum atomic E-state index is 0.161. The molecule has 0 spiro atoms. The van der Waals surface area contributed by atoms with Gasteiger partial charge in [-0.3, -0.25) is 0 Å². The first-order valence-corrected chi connectivity index (χ1v) is 5.50. The van der Waals surface area contributed by atoms with E-state index >= 15 is 0 Å². The van der Waals surface area contributed by atoms with Gasteiger partial charge in [0.05, 0.1) is 3.57 Å². The topological polar surface area (TPSA) is 46.2 Å². The van der Waals surface area contributed by atoms with E-state index in [1.165, 1.54) is 12.8 Å². The lowest BCUT2D eigenvalue weighted by molar-refractivity contribution is 0.470. The first-order valence-electron chi connectivity index (χ1n) is 4.42. The van der Waals surface area contributed by atoms with Gasteiger partial charge in [-0.2, -0.15) is 0 Å². The standard InChI is InChI=1S/C10H12INO/c11-8-5-7(3-4-9(8)13)10(12)6-1-2-6/h3-6,10,13H,1-2,12H2. The maximum absolute atomic E-state index is 9.33. The Labute approximate surface area is 91.3 Å². The zero-order valence-electron chi connectivity index (χ0n) is 7.20. The third kappa shape index (κ3) is 1.96. The minimum absolute atomic E-state index is 0.161. The largest absolute Gasteiger partial charge is 0.507 e. The molecule has 1 fully saturated rings. The lowest BCUT2D eigenvalue weighted by atomic mass is 10.0. The van der Waals surface area contributed by atoms with Crippen LogP contribution in [0.15, 0.2) is 18.2 Å². The highest BCUT2D eigenvalue weighted by molar-refractivity contribution is 14.1. The second kappa shape index (κ2) is 3.46. The maximum Gasteiger partial charge on any atom is 0.128 e. The van der Waals surface area contributed by atoms with E-state index in [4.69, 9.17) is 5.73 Å². The summed E-state index contributed by atoms with van der Waals surface area (Å²) in [5.41, 5.74) is 7.18. The van der Waals surface area contributed by atoms with E-state index in [1.807, 2.05) is 12.1 Å². The lowest BCUT2D eigenvalue weighted by Gasteiger charge is -2.11. The number of nitrogens with two attached hydrogens (primary N) is 1. The van der Waals surface area contributed by atoms with Crippen LogP contribution in [0.3, 0.4) is 0 Å². The van der Waals surface area contributed by atoms with E-state index in [-0.39, 0.29) is 6.04 Å². The molecule has 2 nitrogen and oxygen atoms in total. The summed E-state index contributed by atoms with van der Waals surface area (Å²) in [7, 11) is 0. The fourth-order valence-electron chi connectivity index (χ4n) is 1.46. The van der Waals surface area contributed by atoms with Crippen molar-refractivity contribution in [3.8, 4) is 5.75 Å². The van der Waals surface area contributed by atoms with Gasteiger partial charge in [0.15, 0.2) is 0 Å². The summed E-state index contributed by atoms with van der Waals surface area (Å²) in [5, 5.41) is 9.33. The van der Waals surface area contributed by atoms with Crippen LogP contribution in [0, 0.1) is 9.49 Å². The van der Waals surface area contributed by atoms with E-state index in [9.17, 15) is 5.11 Å². The number of phenolic OH excluding ortho intramolecular Hbond substituents is 1. The van der Waals surface area contributed by atoms with Gasteiger partial charge in [0.2, 0.25) is 0 Å². The van der Waals surface area contributed by atoms with Crippen molar-refractivity contribution in [3.63, 3.8) is 0 Å². The van der Waals surface area contributed by atoms with Gasteiger partial charge >= 0.3 is 0 Å². The van der Waals surface area contributed by atoms with Crippen molar-refractivity contribution in [2.45, 2.75) is 18.9 Å². The van der Waals surface area contributed by atoms with Crippen LogP contribution >= 0.6 is 22.6 Å². The molecule has 0 bridgehead atoms. The van der Waals surface area contributed by atoms with E-state index in [2.05, 4.69) is 22.6 Å². The lowest BCUT2D eigenvalue weighted by Crippen LogP contribution is -2.12. The Morgan fingerprint density at radius 3 is 2.69 bits per heavy atom. The van der Waals surface area contributed by atoms with Crippen LogP contribution in [0.25, 0.3) is 0 Å². The number of hydrogen-bond acceptors (Lipinski definition) is 2. The molecule has 0 amide bonds. The predicted octanol–water partition coefficient (Wildman–Crippen LogP) is 2.41. The first-order chi connectivity index (χ1) is 6.18. The number of benzene rings is 1. The van der Waals surface area contributed by atoms with Crippen molar-refractivity contribution in [1.82, 2.24) is 0 Å². The number of aromatic hydroxyl groups is 1. The molecule has 1 aliphatic rings. The SMILES string of the molecule is NC(c1ccc(O)c(I)c1)C1CC1. The molecule has 1 aliphatic carbocycles. The highest BCUT2D eigenvalue weighted by atomic mass is 127. The van der Waals surface area contributed by atoms with Crippen LogP contribution in [0.2, 0.25) is 0 Å². The Bertz CT molecular complexity index is 323. The van der Waals surface area contributed by atoms with Crippen molar-refractivity contribution in [2.75, 3.05) is 0 Å². The van der Waals surface area contributed by atoms with Crippen molar-refractivity contribution < 1.29 is 5.11 Å². The zero-order valence-corrected chi connectivity index (χ0v) is 9.36. The normalized spacial score (nSPS) is 18.6. The Morgan fingerprint density at radius 1 is 1.46 bits per heavy atom. The van der Waals surface area contributed by atoms with Crippen LogP contribution in [-0.4, -0.2) is 5.11 Å². The summed E-state index contributed by atoms with van der Waals surface area (Å²) < 4.78 is 0.881. The molecule has 0 heterocycles. The molecule has 13 heavy (non-hydrogen) atoms. The van der Waals surface area contributed by atoms with Gasteiger partial charge in [-0.15, -0.1) is 0 Å². The molecule has 1 atom stereocenters. The third-order valence-corrected chi connectivity index (χ3v) is 3.35.